The van der Waals surface area contributed by atoms with Crippen LogP contribution in [0.15, 0.2) is 22.7 Å². The van der Waals surface area contributed by atoms with E-state index < -0.39 is 0 Å². The predicted octanol–water partition coefficient (Wildman–Crippen LogP) is 3.42. The largest absolute Gasteiger partial charge is 0.381 e. The number of nitrogens with one attached hydrogen (secondary N) is 1. The van der Waals surface area contributed by atoms with Gasteiger partial charge in [0, 0.05) is 28.8 Å². The highest BCUT2D eigenvalue weighted by Gasteiger charge is 2.21. The van der Waals surface area contributed by atoms with Gasteiger partial charge < -0.3 is 4.74 Å². The van der Waals surface area contributed by atoms with Crippen LogP contribution in [0.3, 0.4) is 0 Å². The van der Waals surface area contributed by atoms with Gasteiger partial charge in [0.1, 0.15) is 0 Å². The monoisotopic (exact) mass is 332 g/mol. The van der Waals surface area contributed by atoms with E-state index in [1.807, 2.05) is 18.2 Å². The Labute approximate surface area is 121 Å². The lowest BCUT2D eigenvalue weighted by Gasteiger charge is -2.27. The predicted molar refractivity (Wildman–Crippen MR) is 77.4 cm³/mol. The third-order valence-corrected chi connectivity index (χ3v) is 4.27. The number of hydrogen-bond donors (Lipinski definition) is 2. The van der Waals surface area contributed by atoms with Gasteiger partial charge in [-0.05, 0) is 42.9 Å². The molecule has 3 N–H and O–H groups in total. The zero-order valence-electron chi connectivity index (χ0n) is 10.2. The van der Waals surface area contributed by atoms with Gasteiger partial charge in [0.05, 0.1) is 0 Å². The van der Waals surface area contributed by atoms with Crippen molar-refractivity contribution >= 4 is 27.5 Å². The van der Waals surface area contributed by atoms with Crippen LogP contribution in [0.1, 0.15) is 30.9 Å². The van der Waals surface area contributed by atoms with Crippen LogP contribution in [-0.4, -0.2) is 13.2 Å². The number of hydrogen-bond acceptors (Lipinski definition) is 3. The Morgan fingerprint density at radius 2 is 2.17 bits per heavy atom. The standard InChI is InChI=1S/C13H18BrClN2O/c14-10-1-2-11(12(15)8-10)13(17-16)7-9-3-5-18-6-4-9/h1-2,8-9,13,17H,3-7,16H2. The first-order valence-electron chi connectivity index (χ1n) is 6.19. The molecular formula is C13H18BrClN2O. The van der Waals surface area contributed by atoms with Gasteiger partial charge in [-0.2, -0.15) is 0 Å². The van der Waals surface area contributed by atoms with Crippen LogP contribution in [0.5, 0.6) is 0 Å². The number of halogens is 2. The third-order valence-electron chi connectivity index (χ3n) is 3.45. The molecule has 100 valence electrons. The van der Waals surface area contributed by atoms with Crippen molar-refractivity contribution in [2.45, 2.75) is 25.3 Å². The second kappa shape index (κ2) is 6.87. The molecule has 0 saturated carbocycles. The summed E-state index contributed by atoms with van der Waals surface area (Å²) in [6, 6.07) is 6.03. The number of ether oxygens (including phenoxy) is 1. The molecule has 2 rings (SSSR count). The van der Waals surface area contributed by atoms with Crippen molar-refractivity contribution in [2.24, 2.45) is 11.8 Å². The summed E-state index contributed by atoms with van der Waals surface area (Å²) in [5.74, 6) is 6.33. The van der Waals surface area contributed by atoms with E-state index in [9.17, 15) is 0 Å². The second-order valence-corrected chi connectivity index (χ2v) is 6.00. The van der Waals surface area contributed by atoms with Crippen molar-refractivity contribution in [3.05, 3.63) is 33.3 Å². The Kier molecular flexibility index (Phi) is 5.45. The van der Waals surface area contributed by atoms with Crippen molar-refractivity contribution in [1.82, 2.24) is 5.43 Å². The normalized spacial score (nSPS) is 18.8. The Bertz CT molecular complexity index is 397. The Balaban J connectivity index is 2.07. The van der Waals surface area contributed by atoms with E-state index in [0.717, 1.165) is 47.5 Å². The van der Waals surface area contributed by atoms with E-state index in [4.69, 9.17) is 22.2 Å². The van der Waals surface area contributed by atoms with Crippen molar-refractivity contribution < 1.29 is 4.74 Å². The van der Waals surface area contributed by atoms with Crippen LogP contribution >= 0.6 is 27.5 Å². The lowest BCUT2D eigenvalue weighted by Crippen LogP contribution is -2.31. The molecule has 5 heteroatoms. The molecule has 0 aromatic heterocycles. The van der Waals surface area contributed by atoms with Crippen molar-refractivity contribution in [3.63, 3.8) is 0 Å². The Hall–Kier alpha value is -0.130. The molecule has 1 unspecified atom stereocenters. The first kappa shape index (κ1) is 14.3. The van der Waals surface area contributed by atoms with Gasteiger partial charge in [-0.1, -0.05) is 33.6 Å². The molecule has 1 heterocycles. The highest BCUT2D eigenvalue weighted by molar-refractivity contribution is 9.10. The SMILES string of the molecule is NNC(CC1CCOCC1)c1ccc(Br)cc1Cl. The minimum Gasteiger partial charge on any atom is -0.381 e. The summed E-state index contributed by atoms with van der Waals surface area (Å²) < 4.78 is 6.36. The molecular weight excluding hydrogens is 316 g/mol. The van der Waals surface area contributed by atoms with E-state index in [1.165, 1.54) is 0 Å². The highest BCUT2D eigenvalue weighted by atomic mass is 79.9. The maximum absolute atomic E-state index is 6.27. The molecule has 1 atom stereocenters. The minimum atomic E-state index is 0.105. The Morgan fingerprint density at radius 3 is 2.78 bits per heavy atom. The summed E-state index contributed by atoms with van der Waals surface area (Å²) in [4.78, 5) is 0. The fourth-order valence-electron chi connectivity index (χ4n) is 2.38. The van der Waals surface area contributed by atoms with Gasteiger partial charge >= 0.3 is 0 Å². The molecule has 1 saturated heterocycles. The van der Waals surface area contributed by atoms with E-state index in [-0.39, 0.29) is 6.04 Å². The number of hydrazine groups is 1. The number of benzene rings is 1. The lowest BCUT2D eigenvalue weighted by molar-refractivity contribution is 0.0605. The zero-order chi connectivity index (χ0) is 13.0. The average molecular weight is 334 g/mol. The second-order valence-electron chi connectivity index (χ2n) is 4.68. The van der Waals surface area contributed by atoms with Crippen LogP contribution in [0.4, 0.5) is 0 Å². The molecule has 1 aromatic rings. The van der Waals surface area contributed by atoms with Crippen LogP contribution in [0.2, 0.25) is 5.02 Å². The lowest BCUT2D eigenvalue weighted by atomic mass is 9.90. The fraction of sp³-hybridized carbons (Fsp3) is 0.538. The number of nitrogens with two attached hydrogens (primary N) is 1. The van der Waals surface area contributed by atoms with Gasteiger partial charge in [0.15, 0.2) is 0 Å². The summed E-state index contributed by atoms with van der Waals surface area (Å²) in [6.07, 6.45) is 3.21. The van der Waals surface area contributed by atoms with Crippen LogP contribution in [0.25, 0.3) is 0 Å². The fourth-order valence-corrected chi connectivity index (χ4v) is 3.19. The molecule has 0 amide bonds. The highest BCUT2D eigenvalue weighted by Crippen LogP contribution is 2.32. The molecule has 1 fully saturated rings. The summed E-state index contributed by atoms with van der Waals surface area (Å²) in [7, 11) is 0. The van der Waals surface area contributed by atoms with Gasteiger partial charge in [0.2, 0.25) is 0 Å². The smallest absolute Gasteiger partial charge is 0.0477 e. The molecule has 0 spiro atoms. The first-order chi connectivity index (χ1) is 8.70. The Morgan fingerprint density at radius 1 is 1.44 bits per heavy atom. The first-order valence-corrected chi connectivity index (χ1v) is 7.36. The van der Waals surface area contributed by atoms with Gasteiger partial charge in [0.25, 0.3) is 0 Å². The maximum Gasteiger partial charge on any atom is 0.0477 e. The topological polar surface area (TPSA) is 47.3 Å². The molecule has 0 aliphatic carbocycles. The summed E-state index contributed by atoms with van der Waals surface area (Å²) in [6.45, 7) is 1.71. The summed E-state index contributed by atoms with van der Waals surface area (Å²) in [5, 5.41) is 0.749. The summed E-state index contributed by atoms with van der Waals surface area (Å²) >= 11 is 9.68. The molecule has 1 aliphatic heterocycles. The van der Waals surface area contributed by atoms with Crippen LogP contribution < -0.4 is 11.3 Å². The zero-order valence-corrected chi connectivity index (χ0v) is 12.5. The van der Waals surface area contributed by atoms with E-state index in [2.05, 4.69) is 21.4 Å². The van der Waals surface area contributed by atoms with Crippen LogP contribution in [-0.2, 0) is 4.74 Å². The van der Waals surface area contributed by atoms with Crippen molar-refractivity contribution in [1.29, 1.82) is 0 Å². The number of rotatable bonds is 4. The molecule has 0 bridgehead atoms. The summed E-state index contributed by atoms with van der Waals surface area (Å²) in [5.41, 5.74) is 3.95. The molecule has 1 aliphatic rings. The van der Waals surface area contributed by atoms with E-state index >= 15 is 0 Å². The minimum absolute atomic E-state index is 0.105. The quantitative estimate of drug-likeness (QED) is 0.655. The van der Waals surface area contributed by atoms with Crippen LogP contribution in [0, 0.1) is 5.92 Å². The van der Waals surface area contributed by atoms with Gasteiger partial charge in [-0.25, -0.2) is 0 Å². The average Bonchev–Trinajstić information content (AvgIpc) is 2.38. The van der Waals surface area contributed by atoms with E-state index in [0.29, 0.717) is 5.92 Å². The van der Waals surface area contributed by atoms with Crippen molar-refractivity contribution in [3.8, 4) is 0 Å². The van der Waals surface area contributed by atoms with Gasteiger partial charge in [-0.15, -0.1) is 0 Å². The molecule has 1 aromatic carbocycles. The molecule has 3 nitrogen and oxygen atoms in total. The molecule has 18 heavy (non-hydrogen) atoms. The van der Waals surface area contributed by atoms with E-state index in [1.54, 1.807) is 0 Å². The molecule has 0 radical (unpaired) electrons. The third kappa shape index (κ3) is 3.68. The maximum atomic E-state index is 6.27. The van der Waals surface area contributed by atoms with Gasteiger partial charge in [-0.3, -0.25) is 11.3 Å². The van der Waals surface area contributed by atoms with Crippen molar-refractivity contribution in [2.75, 3.05) is 13.2 Å².